The molecule has 1 atom stereocenters. The molecule has 1 amide bonds. The monoisotopic (exact) mass is 384 g/mol. The summed E-state index contributed by atoms with van der Waals surface area (Å²) < 4.78 is 10.8. The van der Waals surface area contributed by atoms with Crippen LogP contribution in [0.2, 0.25) is 0 Å². The molecule has 1 unspecified atom stereocenters. The van der Waals surface area contributed by atoms with Crippen molar-refractivity contribution in [3.63, 3.8) is 0 Å². The minimum absolute atomic E-state index is 0.213. The standard InChI is InChI=1S/C21H28N4O3/c1-15-5-4-11-25(14-15)20-13-19(23-16(2)24-20)21(26)22-10-12-28-18-8-6-17(27-3)7-9-18/h6-9,13,15H,4-5,10-12,14H2,1-3H3,(H,22,26). The zero-order chi connectivity index (χ0) is 19.9. The Balaban J connectivity index is 1.53. The molecule has 1 aromatic carbocycles. The van der Waals surface area contributed by atoms with E-state index in [1.54, 1.807) is 13.2 Å². The van der Waals surface area contributed by atoms with E-state index in [1.807, 2.05) is 31.2 Å². The first-order chi connectivity index (χ1) is 13.5. The number of rotatable bonds is 7. The van der Waals surface area contributed by atoms with Crippen molar-refractivity contribution in [3.05, 3.63) is 41.9 Å². The van der Waals surface area contributed by atoms with Crippen LogP contribution in [-0.4, -0.2) is 49.2 Å². The van der Waals surface area contributed by atoms with Crippen molar-refractivity contribution in [2.24, 2.45) is 5.92 Å². The molecule has 1 aliphatic rings. The normalized spacial score (nSPS) is 16.5. The Morgan fingerprint density at radius 2 is 2.00 bits per heavy atom. The first-order valence-corrected chi connectivity index (χ1v) is 9.71. The first-order valence-electron chi connectivity index (χ1n) is 9.71. The summed E-state index contributed by atoms with van der Waals surface area (Å²) in [5.41, 5.74) is 0.394. The molecule has 2 aromatic rings. The van der Waals surface area contributed by atoms with Crippen LogP contribution in [0.15, 0.2) is 30.3 Å². The largest absolute Gasteiger partial charge is 0.497 e. The van der Waals surface area contributed by atoms with E-state index in [2.05, 4.69) is 27.1 Å². The summed E-state index contributed by atoms with van der Waals surface area (Å²) in [7, 11) is 1.62. The second kappa shape index (κ2) is 9.39. The number of ether oxygens (including phenoxy) is 2. The molecule has 1 N–H and O–H groups in total. The van der Waals surface area contributed by atoms with Gasteiger partial charge in [-0.05, 0) is 49.9 Å². The van der Waals surface area contributed by atoms with Gasteiger partial charge in [0.25, 0.3) is 5.91 Å². The molecule has 150 valence electrons. The third-order valence-corrected chi connectivity index (χ3v) is 4.75. The Hall–Kier alpha value is -2.83. The van der Waals surface area contributed by atoms with Crippen molar-refractivity contribution in [1.82, 2.24) is 15.3 Å². The maximum atomic E-state index is 12.5. The molecule has 1 fully saturated rings. The van der Waals surface area contributed by atoms with Gasteiger partial charge in [-0.15, -0.1) is 0 Å². The SMILES string of the molecule is COc1ccc(OCCNC(=O)c2cc(N3CCCC(C)C3)nc(C)n2)cc1. The number of amides is 1. The molecule has 7 heteroatoms. The van der Waals surface area contributed by atoms with Crippen molar-refractivity contribution in [3.8, 4) is 11.5 Å². The lowest BCUT2D eigenvalue weighted by Gasteiger charge is -2.32. The molecule has 0 aliphatic carbocycles. The maximum absolute atomic E-state index is 12.5. The van der Waals surface area contributed by atoms with Gasteiger partial charge in [0.05, 0.1) is 13.7 Å². The Morgan fingerprint density at radius 1 is 1.25 bits per heavy atom. The molecule has 0 bridgehead atoms. The van der Waals surface area contributed by atoms with Gasteiger partial charge in [0.15, 0.2) is 0 Å². The van der Waals surface area contributed by atoms with Crippen molar-refractivity contribution in [1.29, 1.82) is 0 Å². The Labute approximate surface area is 166 Å². The van der Waals surface area contributed by atoms with Gasteiger partial charge < -0.3 is 19.7 Å². The van der Waals surface area contributed by atoms with Crippen LogP contribution in [0, 0.1) is 12.8 Å². The molecule has 0 saturated carbocycles. The third-order valence-electron chi connectivity index (χ3n) is 4.75. The number of carbonyl (C=O) groups is 1. The van der Waals surface area contributed by atoms with E-state index >= 15 is 0 Å². The number of methoxy groups -OCH3 is 1. The number of hydrogen-bond acceptors (Lipinski definition) is 6. The average Bonchev–Trinajstić information content (AvgIpc) is 2.71. The van der Waals surface area contributed by atoms with Gasteiger partial charge in [0.2, 0.25) is 0 Å². The summed E-state index contributed by atoms with van der Waals surface area (Å²) in [5.74, 6) is 3.37. The molecule has 7 nitrogen and oxygen atoms in total. The van der Waals surface area contributed by atoms with Gasteiger partial charge in [-0.3, -0.25) is 4.79 Å². The summed E-state index contributed by atoms with van der Waals surface area (Å²) in [6.07, 6.45) is 2.39. The fraction of sp³-hybridized carbons (Fsp3) is 0.476. The second-order valence-electron chi connectivity index (χ2n) is 7.13. The number of aromatic nitrogens is 2. The van der Waals surface area contributed by atoms with Crippen molar-refractivity contribution in [2.75, 3.05) is 38.3 Å². The molecule has 0 radical (unpaired) electrons. The molecule has 1 saturated heterocycles. The van der Waals surface area contributed by atoms with E-state index < -0.39 is 0 Å². The van der Waals surface area contributed by atoms with Gasteiger partial charge >= 0.3 is 0 Å². The molecule has 1 aliphatic heterocycles. The quantitative estimate of drug-likeness (QED) is 0.740. The van der Waals surface area contributed by atoms with Crippen molar-refractivity contribution in [2.45, 2.75) is 26.7 Å². The predicted octanol–water partition coefficient (Wildman–Crippen LogP) is 2.84. The van der Waals surface area contributed by atoms with Gasteiger partial charge in [-0.2, -0.15) is 0 Å². The lowest BCUT2D eigenvalue weighted by Crippen LogP contribution is -2.35. The van der Waals surface area contributed by atoms with E-state index in [-0.39, 0.29) is 5.91 Å². The molecule has 3 rings (SSSR count). The van der Waals surface area contributed by atoms with Crippen molar-refractivity contribution < 1.29 is 14.3 Å². The Bertz CT molecular complexity index is 795. The fourth-order valence-electron chi connectivity index (χ4n) is 3.32. The van der Waals surface area contributed by atoms with E-state index in [4.69, 9.17) is 9.47 Å². The predicted molar refractivity (Wildman–Crippen MR) is 108 cm³/mol. The fourth-order valence-corrected chi connectivity index (χ4v) is 3.32. The molecular formula is C21H28N4O3. The summed E-state index contributed by atoms with van der Waals surface area (Å²) in [4.78, 5) is 23.6. The number of aryl methyl sites for hydroxylation is 1. The molecule has 0 spiro atoms. The lowest BCUT2D eigenvalue weighted by molar-refractivity contribution is 0.0941. The highest BCUT2D eigenvalue weighted by atomic mass is 16.5. The second-order valence-corrected chi connectivity index (χ2v) is 7.13. The number of anilines is 1. The highest BCUT2D eigenvalue weighted by Gasteiger charge is 2.19. The summed E-state index contributed by atoms with van der Waals surface area (Å²) >= 11 is 0. The van der Waals surface area contributed by atoms with E-state index in [0.717, 1.165) is 36.8 Å². The summed E-state index contributed by atoms with van der Waals surface area (Å²) in [6, 6.07) is 9.12. The van der Waals surface area contributed by atoms with Crippen LogP contribution >= 0.6 is 0 Å². The van der Waals surface area contributed by atoms with Crippen molar-refractivity contribution >= 4 is 11.7 Å². The molecule has 2 heterocycles. The van der Waals surface area contributed by atoms with Gasteiger partial charge in [-0.1, -0.05) is 6.92 Å². The molecule has 28 heavy (non-hydrogen) atoms. The first kappa shape index (κ1) is 19.9. The summed E-state index contributed by atoms with van der Waals surface area (Å²) in [6.45, 7) is 6.77. The van der Waals surface area contributed by atoms with Crippen LogP contribution in [0.5, 0.6) is 11.5 Å². The van der Waals surface area contributed by atoms with Crippen LogP contribution in [-0.2, 0) is 0 Å². The summed E-state index contributed by atoms with van der Waals surface area (Å²) in [5, 5.41) is 2.86. The van der Waals surface area contributed by atoms with Gasteiger partial charge in [-0.25, -0.2) is 9.97 Å². The minimum atomic E-state index is -0.213. The Morgan fingerprint density at radius 3 is 2.71 bits per heavy atom. The highest BCUT2D eigenvalue weighted by Crippen LogP contribution is 2.22. The zero-order valence-corrected chi connectivity index (χ0v) is 16.8. The Kier molecular flexibility index (Phi) is 6.68. The number of nitrogens with zero attached hydrogens (tertiary/aromatic N) is 3. The topological polar surface area (TPSA) is 76.6 Å². The van der Waals surface area contributed by atoms with E-state index in [0.29, 0.717) is 30.6 Å². The lowest BCUT2D eigenvalue weighted by atomic mass is 10.0. The maximum Gasteiger partial charge on any atom is 0.270 e. The van der Waals surface area contributed by atoms with E-state index in [1.165, 1.54) is 6.42 Å². The number of nitrogens with one attached hydrogen (secondary N) is 1. The van der Waals surface area contributed by atoms with E-state index in [9.17, 15) is 4.79 Å². The number of piperidine rings is 1. The number of carbonyl (C=O) groups excluding carboxylic acids is 1. The van der Waals surface area contributed by atoms with Gasteiger partial charge in [0.1, 0.15) is 35.4 Å². The molecule has 1 aromatic heterocycles. The van der Waals surface area contributed by atoms with Crippen LogP contribution < -0.4 is 19.7 Å². The number of hydrogen-bond donors (Lipinski definition) is 1. The number of benzene rings is 1. The average molecular weight is 384 g/mol. The third kappa shape index (κ3) is 5.34. The van der Waals surface area contributed by atoms with Crippen LogP contribution in [0.25, 0.3) is 0 Å². The minimum Gasteiger partial charge on any atom is -0.497 e. The smallest absolute Gasteiger partial charge is 0.270 e. The zero-order valence-electron chi connectivity index (χ0n) is 16.8. The van der Waals surface area contributed by atoms with Crippen LogP contribution in [0.4, 0.5) is 5.82 Å². The van der Waals surface area contributed by atoms with Crippen LogP contribution in [0.1, 0.15) is 36.1 Å². The van der Waals surface area contributed by atoms with Crippen LogP contribution in [0.3, 0.4) is 0 Å². The highest BCUT2D eigenvalue weighted by molar-refractivity contribution is 5.92. The molecular weight excluding hydrogens is 356 g/mol. The van der Waals surface area contributed by atoms with Gasteiger partial charge in [0, 0.05) is 19.2 Å².